The molecule has 0 radical (unpaired) electrons. The minimum atomic E-state index is 0.222. The molecule has 0 heterocycles. The number of rotatable bonds is 7. The zero-order chi connectivity index (χ0) is 12.7. The maximum atomic E-state index is 5.20. The van der Waals surface area contributed by atoms with Crippen LogP contribution in [-0.4, -0.2) is 13.2 Å². The van der Waals surface area contributed by atoms with Crippen LogP contribution >= 0.6 is 0 Å². The zero-order valence-corrected chi connectivity index (χ0v) is 11.7. The highest BCUT2D eigenvalue weighted by atomic mass is 17.2. The number of hydrogen-bond donors (Lipinski definition) is 0. The number of hydrogen-bond acceptors (Lipinski definition) is 2. The Hall–Kier alpha value is -0.340. The van der Waals surface area contributed by atoms with E-state index in [-0.39, 0.29) is 6.10 Å². The molecular formula is C15H28O2. The summed E-state index contributed by atoms with van der Waals surface area (Å²) in [5.41, 5.74) is 1.43. The van der Waals surface area contributed by atoms with E-state index in [1.807, 2.05) is 0 Å². The lowest BCUT2D eigenvalue weighted by molar-refractivity contribution is -0.306. The van der Waals surface area contributed by atoms with Crippen LogP contribution in [-0.2, 0) is 9.78 Å². The average Bonchev–Trinajstić information content (AvgIpc) is 2.35. The molecule has 0 saturated heterocycles. The Balaban J connectivity index is 2.24. The van der Waals surface area contributed by atoms with Crippen LogP contribution in [0.2, 0.25) is 0 Å². The van der Waals surface area contributed by atoms with Crippen molar-refractivity contribution in [2.24, 2.45) is 11.8 Å². The summed E-state index contributed by atoms with van der Waals surface area (Å²) in [6.45, 7) is 8.77. The van der Waals surface area contributed by atoms with Crippen LogP contribution in [0.1, 0.15) is 58.8 Å². The largest absolute Gasteiger partial charge is 0.240 e. The lowest BCUT2D eigenvalue weighted by Crippen LogP contribution is -2.16. The maximum absolute atomic E-state index is 5.20. The van der Waals surface area contributed by atoms with Gasteiger partial charge in [-0.1, -0.05) is 38.8 Å². The first-order valence-corrected chi connectivity index (χ1v) is 7.04. The normalized spacial score (nSPS) is 26.8. The van der Waals surface area contributed by atoms with Crippen molar-refractivity contribution in [3.63, 3.8) is 0 Å². The van der Waals surface area contributed by atoms with Crippen molar-refractivity contribution in [1.29, 1.82) is 0 Å². The third-order valence-corrected chi connectivity index (χ3v) is 4.07. The van der Waals surface area contributed by atoms with Gasteiger partial charge in [0.1, 0.15) is 0 Å². The summed E-state index contributed by atoms with van der Waals surface area (Å²) in [6.07, 6.45) is 8.76. The van der Waals surface area contributed by atoms with E-state index in [1.54, 1.807) is 7.11 Å². The summed E-state index contributed by atoms with van der Waals surface area (Å²) in [7, 11) is 1.58. The lowest BCUT2D eigenvalue weighted by Gasteiger charge is -2.28. The maximum Gasteiger partial charge on any atom is 0.0930 e. The van der Waals surface area contributed by atoms with Crippen LogP contribution in [0, 0.1) is 11.8 Å². The van der Waals surface area contributed by atoms with Gasteiger partial charge < -0.3 is 0 Å². The first kappa shape index (κ1) is 14.7. The number of allylic oxidation sites excluding steroid dienone is 1. The van der Waals surface area contributed by atoms with Gasteiger partial charge in [-0.15, -0.1) is 0 Å². The van der Waals surface area contributed by atoms with Gasteiger partial charge in [0.25, 0.3) is 0 Å². The molecule has 1 rings (SSSR count). The van der Waals surface area contributed by atoms with E-state index >= 15 is 0 Å². The van der Waals surface area contributed by atoms with Crippen LogP contribution in [0.15, 0.2) is 12.2 Å². The molecule has 1 unspecified atom stereocenters. The molecule has 1 aliphatic rings. The molecule has 2 heteroatoms. The third-order valence-electron chi connectivity index (χ3n) is 4.07. The quantitative estimate of drug-likeness (QED) is 0.370. The second-order valence-corrected chi connectivity index (χ2v) is 5.45. The lowest BCUT2D eigenvalue weighted by atomic mass is 9.78. The summed E-state index contributed by atoms with van der Waals surface area (Å²) in [5, 5.41) is 0. The molecule has 0 spiro atoms. The van der Waals surface area contributed by atoms with E-state index in [2.05, 4.69) is 20.4 Å². The monoisotopic (exact) mass is 240 g/mol. The molecule has 0 amide bonds. The van der Waals surface area contributed by atoms with Crippen molar-refractivity contribution in [3.8, 4) is 0 Å². The fourth-order valence-corrected chi connectivity index (χ4v) is 2.68. The summed E-state index contributed by atoms with van der Waals surface area (Å²) >= 11 is 0. The van der Waals surface area contributed by atoms with Crippen molar-refractivity contribution < 1.29 is 9.78 Å². The highest BCUT2D eigenvalue weighted by molar-refractivity contribution is 5.02. The molecule has 0 bridgehead atoms. The predicted molar refractivity (Wildman–Crippen MR) is 71.7 cm³/mol. The first-order chi connectivity index (χ1) is 8.17. The molecule has 0 aromatic rings. The first-order valence-electron chi connectivity index (χ1n) is 7.04. The molecule has 1 aliphatic carbocycles. The van der Waals surface area contributed by atoms with Crippen molar-refractivity contribution >= 4 is 0 Å². The second-order valence-electron chi connectivity index (χ2n) is 5.45. The minimum absolute atomic E-state index is 0.222. The zero-order valence-electron chi connectivity index (χ0n) is 11.7. The fourth-order valence-electron chi connectivity index (χ4n) is 2.68. The standard InChI is InChI=1S/C15H28O2/c1-5-15(17-16-4)11-8-13(3)14-9-6-12(2)7-10-14/h12,14-15H,3,5-11H2,1-2,4H3. The van der Waals surface area contributed by atoms with Gasteiger partial charge in [0, 0.05) is 0 Å². The molecule has 1 saturated carbocycles. The molecule has 0 aromatic carbocycles. The van der Waals surface area contributed by atoms with Gasteiger partial charge in [0.2, 0.25) is 0 Å². The topological polar surface area (TPSA) is 18.5 Å². The SMILES string of the molecule is C=C(CCC(CC)OOC)C1CCC(C)CC1. The Kier molecular flexibility index (Phi) is 6.83. The summed E-state index contributed by atoms with van der Waals surface area (Å²) < 4.78 is 0. The van der Waals surface area contributed by atoms with E-state index < -0.39 is 0 Å². The Morgan fingerprint density at radius 1 is 1.29 bits per heavy atom. The Morgan fingerprint density at radius 2 is 1.94 bits per heavy atom. The van der Waals surface area contributed by atoms with E-state index in [0.717, 1.165) is 31.1 Å². The van der Waals surface area contributed by atoms with Crippen molar-refractivity contribution in [1.82, 2.24) is 0 Å². The van der Waals surface area contributed by atoms with Gasteiger partial charge in [-0.3, -0.25) is 0 Å². The molecule has 2 nitrogen and oxygen atoms in total. The Bertz CT molecular complexity index is 217. The van der Waals surface area contributed by atoms with E-state index in [9.17, 15) is 0 Å². The molecular weight excluding hydrogens is 212 g/mol. The van der Waals surface area contributed by atoms with Gasteiger partial charge in [-0.25, -0.2) is 9.78 Å². The van der Waals surface area contributed by atoms with Gasteiger partial charge in [-0.05, 0) is 43.9 Å². The summed E-state index contributed by atoms with van der Waals surface area (Å²) in [5.74, 6) is 1.67. The van der Waals surface area contributed by atoms with Gasteiger partial charge in [-0.2, -0.15) is 0 Å². The molecule has 0 aliphatic heterocycles. The highest BCUT2D eigenvalue weighted by Gasteiger charge is 2.20. The van der Waals surface area contributed by atoms with Gasteiger partial charge in [0.05, 0.1) is 13.2 Å². The van der Waals surface area contributed by atoms with Crippen LogP contribution in [0.3, 0.4) is 0 Å². The van der Waals surface area contributed by atoms with E-state index in [4.69, 9.17) is 9.78 Å². The van der Waals surface area contributed by atoms with Crippen LogP contribution in [0.25, 0.3) is 0 Å². The van der Waals surface area contributed by atoms with E-state index in [1.165, 1.54) is 31.3 Å². The van der Waals surface area contributed by atoms with Gasteiger partial charge >= 0.3 is 0 Å². The van der Waals surface area contributed by atoms with Gasteiger partial charge in [0.15, 0.2) is 0 Å². The molecule has 1 fully saturated rings. The predicted octanol–water partition coefficient (Wildman–Crippen LogP) is 4.51. The molecule has 0 N–H and O–H groups in total. The fraction of sp³-hybridized carbons (Fsp3) is 0.867. The van der Waals surface area contributed by atoms with Crippen LogP contribution in [0.5, 0.6) is 0 Å². The molecule has 0 aromatic heterocycles. The van der Waals surface area contributed by atoms with E-state index in [0.29, 0.717) is 0 Å². The van der Waals surface area contributed by atoms with Crippen LogP contribution in [0.4, 0.5) is 0 Å². The molecule has 100 valence electrons. The average molecular weight is 240 g/mol. The highest BCUT2D eigenvalue weighted by Crippen LogP contribution is 2.34. The third kappa shape index (κ3) is 5.22. The molecule has 17 heavy (non-hydrogen) atoms. The van der Waals surface area contributed by atoms with Crippen molar-refractivity contribution in [3.05, 3.63) is 12.2 Å². The Morgan fingerprint density at radius 3 is 2.47 bits per heavy atom. The smallest absolute Gasteiger partial charge is 0.0930 e. The van der Waals surface area contributed by atoms with Crippen molar-refractivity contribution in [2.75, 3.05) is 7.11 Å². The van der Waals surface area contributed by atoms with Crippen molar-refractivity contribution in [2.45, 2.75) is 64.9 Å². The summed E-state index contributed by atoms with van der Waals surface area (Å²) in [4.78, 5) is 9.96. The van der Waals surface area contributed by atoms with Crippen LogP contribution < -0.4 is 0 Å². The molecule has 1 atom stereocenters. The second kappa shape index (κ2) is 7.88. The summed E-state index contributed by atoms with van der Waals surface area (Å²) in [6, 6.07) is 0. The minimum Gasteiger partial charge on any atom is -0.240 e. The Labute approximate surface area is 106 Å².